The quantitative estimate of drug-likeness (QED) is 0.841. The van der Waals surface area contributed by atoms with Crippen LogP contribution in [0.15, 0.2) is 24.4 Å². The maximum atomic E-state index is 13.2. The molecule has 0 radical (unpaired) electrons. The minimum absolute atomic E-state index is 0.245. The first kappa shape index (κ1) is 10.7. The molecule has 2 aromatic rings. The van der Waals surface area contributed by atoms with E-state index < -0.39 is 0 Å². The zero-order valence-electron chi connectivity index (χ0n) is 9.58. The maximum absolute atomic E-state index is 13.2. The monoisotopic (exact) mass is 219 g/mol. The fourth-order valence-corrected chi connectivity index (χ4v) is 1.76. The topological polar surface area (TPSA) is 28.2 Å². The first-order valence-corrected chi connectivity index (χ1v) is 5.07. The van der Waals surface area contributed by atoms with Crippen molar-refractivity contribution < 1.29 is 4.39 Å². The third kappa shape index (κ3) is 1.66. The van der Waals surface area contributed by atoms with Crippen molar-refractivity contribution in [2.75, 3.05) is 31.4 Å². The van der Waals surface area contributed by atoms with Crippen molar-refractivity contribution in [3.8, 4) is 0 Å². The third-order valence-electron chi connectivity index (χ3n) is 2.52. The van der Waals surface area contributed by atoms with E-state index in [1.165, 1.54) is 12.1 Å². The Morgan fingerprint density at radius 2 is 2.00 bits per heavy atom. The number of anilines is 2. The Hall–Kier alpha value is -1.84. The molecule has 0 fully saturated rings. The van der Waals surface area contributed by atoms with E-state index in [9.17, 15) is 4.39 Å². The summed E-state index contributed by atoms with van der Waals surface area (Å²) in [5.74, 6) is 0.527. The number of halogens is 1. The second kappa shape index (κ2) is 3.96. The van der Waals surface area contributed by atoms with Crippen LogP contribution in [0.4, 0.5) is 15.9 Å². The molecule has 1 aromatic heterocycles. The van der Waals surface area contributed by atoms with Gasteiger partial charge >= 0.3 is 0 Å². The van der Waals surface area contributed by atoms with Crippen LogP contribution >= 0.6 is 0 Å². The Labute approximate surface area is 93.9 Å². The number of hydrogen-bond acceptors (Lipinski definition) is 3. The minimum atomic E-state index is -0.245. The molecule has 0 aliphatic rings. The molecule has 0 amide bonds. The molecule has 1 N–H and O–H groups in total. The van der Waals surface area contributed by atoms with Gasteiger partial charge in [0, 0.05) is 31.9 Å². The Balaban J connectivity index is 2.80. The smallest absolute Gasteiger partial charge is 0.136 e. The lowest BCUT2D eigenvalue weighted by Gasteiger charge is -2.16. The van der Waals surface area contributed by atoms with Crippen LogP contribution in [-0.2, 0) is 0 Å². The molecule has 0 saturated carbocycles. The van der Waals surface area contributed by atoms with E-state index in [-0.39, 0.29) is 5.82 Å². The van der Waals surface area contributed by atoms with Crippen molar-refractivity contribution in [3.05, 3.63) is 30.2 Å². The number of fused-ring (bicyclic) bond motifs is 1. The summed E-state index contributed by atoms with van der Waals surface area (Å²) in [4.78, 5) is 6.19. The van der Waals surface area contributed by atoms with Crippen LogP contribution in [0.3, 0.4) is 0 Å². The van der Waals surface area contributed by atoms with Crippen LogP contribution in [0.2, 0.25) is 0 Å². The fraction of sp³-hybridized carbons (Fsp3) is 0.250. The average Bonchev–Trinajstić information content (AvgIpc) is 2.26. The summed E-state index contributed by atoms with van der Waals surface area (Å²) in [5, 5.41) is 4.84. The summed E-state index contributed by atoms with van der Waals surface area (Å²) in [7, 11) is 5.62. The highest BCUT2D eigenvalue weighted by Gasteiger charge is 2.08. The molecule has 1 heterocycles. The van der Waals surface area contributed by atoms with E-state index in [1.807, 2.05) is 26.0 Å². The van der Waals surface area contributed by atoms with E-state index in [0.29, 0.717) is 0 Å². The Kier molecular flexibility index (Phi) is 2.64. The zero-order chi connectivity index (χ0) is 11.7. The summed E-state index contributed by atoms with van der Waals surface area (Å²) in [5.41, 5.74) is 0.903. The average molecular weight is 219 g/mol. The second-order valence-corrected chi connectivity index (χ2v) is 3.83. The molecule has 2 rings (SSSR count). The molecule has 0 unspecified atom stereocenters. The number of nitrogens with zero attached hydrogens (tertiary/aromatic N) is 2. The van der Waals surface area contributed by atoms with Gasteiger partial charge in [0.15, 0.2) is 0 Å². The van der Waals surface area contributed by atoms with Crippen LogP contribution in [0.1, 0.15) is 0 Å². The SMILES string of the molecule is CNc1cnc(N(C)C)c2cc(F)ccc12. The first-order valence-electron chi connectivity index (χ1n) is 5.07. The largest absolute Gasteiger partial charge is 0.386 e. The highest BCUT2D eigenvalue weighted by Crippen LogP contribution is 2.29. The Morgan fingerprint density at radius 3 is 2.62 bits per heavy atom. The van der Waals surface area contributed by atoms with E-state index in [1.54, 1.807) is 12.3 Å². The van der Waals surface area contributed by atoms with E-state index in [2.05, 4.69) is 10.3 Å². The molecule has 3 nitrogen and oxygen atoms in total. The summed E-state index contributed by atoms with van der Waals surface area (Å²) in [6, 6.07) is 4.74. The van der Waals surface area contributed by atoms with E-state index in [4.69, 9.17) is 0 Å². The Morgan fingerprint density at radius 1 is 1.25 bits per heavy atom. The van der Waals surface area contributed by atoms with Gasteiger partial charge in [-0.2, -0.15) is 0 Å². The molecule has 4 heteroatoms. The highest BCUT2D eigenvalue weighted by atomic mass is 19.1. The summed E-state index contributed by atoms with van der Waals surface area (Å²) >= 11 is 0. The number of benzene rings is 1. The number of aromatic nitrogens is 1. The molecule has 0 aliphatic carbocycles. The molecule has 1 aromatic carbocycles. The summed E-state index contributed by atoms with van der Waals surface area (Å²) in [6.07, 6.45) is 1.76. The van der Waals surface area contributed by atoms with Crippen molar-refractivity contribution in [3.63, 3.8) is 0 Å². The second-order valence-electron chi connectivity index (χ2n) is 3.83. The lowest BCUT2D eigenvalue weighted by Crippen LogP contribution is -2.11. The molecular weight excluding hydrogens is 205 g/mol. The maximum Gasteiger partial charge on any atom is 0.136 e. The van der Waals surface area contributed by atoms with Crippen LogP contribution in [-0.4, -0.2) is 26.1 Å². The van der Waals surface area contributed by atoms with Gasteiger partial charge in [-0.25, -0.2) is 9.37 Å². The standard InChI is InChI=1S/C12H14FN3/c1-14-11-7-15-12(16(2)3)10-6-8(13)4-5-9(10)11/h4-7,14H,1-3H3. The van der Waals surface area contributed by atoms with Gasteiger partial charge in [0.05, 0.1) is 11.9 Å². The summed E-state index contributed by atoms with van der Waals surface area (Å²) in [6.45, 7) is 0. The number of pyridine rings is 1. The normalized spacial score (nSPS) is 10.5. The third-order valence-corrected chi connectivity index (χ3v) is 2.52. The Bertz CT molecular complexity index is 523. The lowest BCUT2D eigenvalue weighted by atomic mass is 10.1. The van der Waals surface area contributed by atoms with Gasteiger partial charge < -0.3 is 10.2 Å². The fourth-order valence-electron chi connectivity index (χ4n) is 1.76. The number of nitrogens with one attached hydrogen (secondary N) is 1. The predicted molar refractivity (Wildman–Crippen MR) is 65.6 cm³/mol. The van der Waals surface area contributed by atoms with Gasteiger partial charge in [0.2, 0.25) is 0 Å². The molecule has 16 heavy (non-hydrogen) atoms. The van der Waals surface area contributed by atoms with Crippen LogP contribution < -0.4 is 10.2 Å². The van der Waals surface area contributed by atoms with Crippen molar-refractivity contribution >= 4 is 22.3 Å². The molecule has 0 saturated heterocycles. The number of hydrogen-bond donors (Lipinski definition) is 1. The van der Waals surface area contributed by atoms with Crippen molar-refractivity contribution in [1.82, 2.24) is 4.98 Å². The van der Waals surface area contributed by atoms with E-state index >= 15 is 0 Å². The molecule has 0 spiro atoms. The minimum Gasteiger partial charge on any atom is -0.386 e. The molecule has 0 bridgehead atoms. The predicted octanol–water partition coefficient (Wildman–Crippen LogP) is 2.48. The van der Waals surface area contributed by atoms with Crippen molar-refractivity contribution in [2.24, 2.45) is 0 Å². The first-order chi connectivity index (χ1) is 7.63. The molecule has 0 aliphatic heterocycles. The van der Waals surface area contributed by atoms with Crippen LogP contribution in [0.5, 0.6) is 0 Å². The number of rotatable bonds is 2. The highest BCUT2D eigenvalue weighted by molar-refractivity contribution is 6.00. The lowest BCUT2D eigenvalue weighted by molar-refractivity contribution is 0.629. The molecular formula is C12H14FN3. The molecule has 0 atom stereocenters. The van der Waals surface area contributed by atoms with Gasteiger partial charge in [0.25, 0.3) is 0 Å². The van der Waals surface area contributed by atoms with Gasteiger partial charge in [-0.05, 0) is 18.2 Å². The van der Waals surface area contributed by atoms with Gasteiger partial charge in [-0.3, -0.25) is 0 Å². The van der Waals surface area contributed by atoms with Crippen LogP contribution in [0.25, 0.3) is 10.8 Å². The summed E-state index contributed by atoms with van der Waals surface area (Å²) < 4.78 is 13.2. The van der Waals surface area contributed by atoms with Gasteiger partial charge in [0.1, 0.15) is 11.6 Å². The van der Waals surface area contributed by atoms with Crippen LogP contribution in [0, 0.1) is 5.82 Å². The van der Waals surface area contributed by atoms with Crippen molar-refractivity contribution in [1.29, 1.82) is 0 Å². The van der Waals surface area contributed by atoms with E-state index in [0.717, 1.165) is 22.3 Å². The van der Waals surface area contributed by atoms with Gasteiger partial charge in [-0.1, -0.05) is 0 Å². The van der Waals surface area contributed by atoms with Crippen molar-refractivity contribution in [2.45, 2.75) is 0 Å². The molecule has 84 valence electrons. The van der Waals surface area contributed by atoms with Gasteiger partial charge in [-0.15, -0.1) is 0 Å². The zero-order valence-corrected chi connectivity index (χ0v) is 9.58.